The van der Waals surface area contributed by atoms with E-state index >= 15 is 0 Å². The summed E-state index contributed by atoms with van der Waals surface area (Å²) < 4.78 is 25.9. The van der Waals surface area contributed by atoms with Gasteiger partial charge in [-0.05, 0) is 60.2 Å². The van der Waals surface area contributed by atoms with Gasteiger partial charge in [-0.25, -0.2) is 0 Å². The van der Waals surface area contributed by atoms with Crippen LogP contribution in [0.15, 0.2) is 78.9 Å². The van der Waals surface area contributed by atoms with Crippen molar-refractivity contribution in [1.82, 2.24) is 0 Å². The normalized spacial score (nSPS) is 17.7. The second-order valence-corrected chi connectivity index (χ2v) is 10.4. The summed E-state index contributed by atoms with van der Waals surface area (Å²) in [6, 6.07) is 25.6. The molecule has 0 amide bonds. The lowest BCUT2D eigenvalue weighted by Crippen LogP contribution is -2.35. The maximum absolute atomic E-state index is 12.4. The highest BCUT2D eigenvalue weighted by molar-refractivity contribution is 7.40. The smallest absolute Gasteiger partial charge is 0.199 e. The van der Waals surface area contributed by atoms with Gasteiger partial charge in [0.15, 0.2) is 6.29 Å². The fourth-order valence-corrected chi connectivity index (χ4v) is 4.81. The van der Waals surface area contributed by atoms with E-state index in [-0.39, 0.29) is 12.2 Å². The summed E-state index contributed by atoms with van der Waals surface area (Å²) in [5.41, 5.74) is 1.48. The molecule has 3 aromatic carbocycles. The minimum atomic E-state index is -5.39. The van der Waals surface area contributed by atoms with Crippen LogP contribution in [0.4, 0.5) is 0 Å². The van der Waals surface area contributed by atoms with Crippen LogP contribution in [0.5, 0.6) is 11.5 Å². The third-order valence-corrected chi connectivity index (χ3v) is 6.61. The standard InChI is InChI=1S/C29H33ClO4.H3O4P/c1-2-27(22-8-4-3-5-9-22)29(31,23-11-15-25(16-12-23)32-21-19-30)24-13-17-26(18-14-24)34-28-10-6-7-20-33-28;1-5(2,3)4/h3-5,8-9,11-18,27-28,31H,2,6-7,10,19-21H2,1H3;(H3,1,2,3,4)/p-3. The summed E-state index contributed by atoms with van der Waals surface area (Å²) in [5.74, 6) is 1.76. The first-order chi connectivity index (χ1) is 18.6. The van der Waals surface area contributed by atoms with Gasteiger partial charge in [0.2, 0.25) is 0 Å². The molecule has 1 aliphatic heterocycles. The van der Waals surface area contributed by atoms with Gasteiger partial charge in [-0.15, -0.1) is 11.6 Å². The van der Waals surface area contributed by atoms with Gasteiger partial charge in [0.05, 0.1) is 12.5 Å². The summed E-state index contributed by atoms with van der Waals surface area (Å²) in [7, 11) is -5.39. The molecule has 0 bridgehead atoms. The van der Waals surface area contributed by atoms with E-state index in [0.29, 0.717) is 12.5 Å². The molecule has 212 valence electrons. The minimum Gasteiger partial charge on any atom is -0.822 e. The molecule has 0 aromatic heterocycles. The van der Waals surface area contributed by atoms with Crippen molar-refractivity contribution in [2.24, 2.45) is 0 Å². The number of phosphoric acid groups is 1. The fraction of sp³-hybridized carbons (Fsp3) is 0.379. The summed E-state index contributed by atoms with van der Waals surface area (Å²) in [6.45, 7) is 3.29. The van der Waals surface area contributed by atoms with Gasteiger partial charge in [-0.3, -0.25) is 0 Å². The highest BCUT2D eigenvalue weighted by Crippen LogP contribution is 2.45. The van der Waals surface area contributed by atoms with Crippen LogP contribution in [-0.2, 0) is 14.9 Å². The van der Waals surface area contributed by atoms with E-state index in [1.165, 1.54) is 0 Å². The average Bonchev–Trinajstić information content (AvgIpc) is 2.93. The average molecular weight is 576 g/mol. The lowest BCUT2D eigenvalue weighted by atomic mass is 9.72. The zero-order valence-electron chi connectivity index (χ0n) is 21.7. The fourth-order valence-electron chi connectivity index (χ4n) is 4.73. The minimum absolute atomic E-state index is 0.142. The van der Waals surface area contributed by atoms with Crippen molar-refractivity contribution in [3.8, 4) is 11.5 Å². The van der Waals surface area contributed by atoms with Crippen LogP contribution >= 0.6 is 19.4 Å². The number of alkyl halides is 1. The zero-order valence-corrected chi connectivity index (χ0v) is 23.4. The van der Waals surface area contributed by atoms with Crippen LogP contribution in [0.3, 0.4) is 0 Å². The molecule has 8 nitrogen and oxygen atoms in total. The molecule has 3 unspecified atom stereocenters. The van der Waals surface area contributed by atoms with Crippen molar-refractivity contribution in [2.45, 2.75) is 50.4 Å². The number of ether oxygens (including phenoxy) is 3. The largest absolute Gasteiger partial charge is 0.822 e. The second kappa shape index (κ2) is 14.8. The molecular weight excluding hydrogens is 543 g/mol. The van der Waals surface area contributed by atoms with Crippen molar-refractivity contribution < 1.29 is 38.6 Å². The second-order valence-electron chi connectivity index (χ2n) is 9.09. The summed E-state index contributed by atoms with van der Waals surface area (Å²) in [5, 5.41) is 12.4. The Balaban J connectivity index is 0.000000771. The molecular formula is C29H33ClO8P-3. The van der Waals surface area contributed by atoms with E-state index in [1.54, 1.807) is 0 Å². The molecule has 3 aromatic rings. The van der Waals surface area contributed by atoms with Crippen LogP contribution in [0.2, 0.25) is 0 Å². The van der Waals surface area contributed by atoms with Gasteiger partial charge >= 0.3 is 0 Å². The van der Waals surface area contributed by atoms with Crippen LogP contribution in [0.1, 0.15) is 55.2 Å². The van der Waals surface area contributed by atoms with Crippen molar-refractivity contribution in [2.75, 3.05) is 19.1 Å². The predicted octanol–water partition coefficient (Wildman–Crippen LogP) is 3.81. The highest BCUT2D eigenvalue weighted by Gasteiger charge is 2.40. The van der Waals surface area contributed by atoms with Gasteiger partial charge in [0, 0.05) is 12.3 Å². The first-order valence-electron chi connectivity index (χ1n) is 12.8. The monoisotopic (exact) mass is 575 g/mol. The first kappa shape index (κ1) is 31.1. The maximum atomic E-state index is 12.4. The SMILES string of the molecule is CCC(c1ccccc1)C(O)(c1ccc(OCCCl)cc1)c1ccc(OC2CCCCO2)cc1.O=P([O-])([O-])[O-]. The molecule has 4 rings (SSSR count). The molecule has 0 aliphatic carbocycles. The van der Waals surface area contributed by atoms with Gasteiger partial charge in [0.1, 0.15) is 23.7 Å². The Hall–Kier alpha value is -2.42. The van der Waals surface area contributed by atoms with E-state index in [1.807, 2.05) is 66.7 Å². The number of benzene rings is 3. The van der Waals surface area contributed by atoms with E-state index < -0.39 is 13.4 Å². The third-order valence-electron chi connectivity index (χ3n) is 6.45. The zero-order chi connectivity index (χ0) is 28.3. The van der Waals surface area contributed by atoms with E-state index in [4.69, 9.17) is 45.1 Å². The van der Waals surface area contributed by atoms with Crippen molar-refractivity contribution in [3.05, 3.63) is 95.6 Å². The van der Waals surface area contributed by atoms with E-state index in [2.05, 4.69) is 19.1 Å². The molecule has 1 aliphatic rings. The molecule has 1 saturated heterocycles. The molecule has 3 atom stereocenters. The third kappa shape index (κ3) is 9.33. The van der Waals surface area contributed by atoms with Crippen molar-refractivity contribution >= 4 is 19.4 Å². The number of rotatable bonds is 10. The molecule has 0 spiro atoms. The number of hydrogen-bond donors (Lipinski definition) is 1. The Morgan fingerprint density at radius 3 is 2.03 bits per heavy atom. The Kier molecular flexibility index (Phi) is 11.8. The Morgan fingerprint density at radius 2 is 1.54 bits per heavy atom. The van der Waals surface area contributed by atoms with Gasteiger partial charge in [-0.1, -0.05) is 61.5 Å². The van der Waals surface area contributed by atoms with Crippen LogP contribution in [0.25, 0.3) is 0 Å². The lowest BCUT2D eigenvalue weighted by Gasteiger charge is -2.37. The lowest BCUT2D eigenvalue weighted by molar-refractivity contribution is -0.432. The van der Waals surface area contributed by atoms with Gasteiger partial charge < -0.3 is 38.6 Å². The molecule has 1 N–H and O–H groups in total. The molecule has 10 heteroatoms. The van der Waals surface area contributed by atoms with Crippen LogP contribution in [-0.4, -0.2) is 30.5 Å². The van der Waals surface area contributed by atoms with Gasteiger partial charge in [-0.2, -0.15) is 7.82 Å². The maximum Gasteiger partial charge on any atom is 0.199 e. The molecule has 39 heavy (non-hydrogen) atoms. The van der Waals surface area contributed by atoms with E-state index in [9.17, 15) is 5.11 Å². The molecule has 0 saturated carbocycles. The highest BCUT2D eigenvalue weighted by atomic mass is 35.5. The number of halogens is 1. The Morgan fingerprint density at radius 1 is 0.974 bits per heavy atom. The molecule has 0 radical (unpaired) electrons. The topological polar surface area (TPSA) is 134 Å². The summed E-state index contributed by atoms with van der Waals surface area (Å²) >= 11 is 5.75. The molecule has 1 heterocycles. The number of hydrogen-bond acceptors (Lipinski definition) is 8. The Labute approximate surface area is 234 Å². The molecule has 1 fully saturated rings. The van der Waals surface area contributed by atoms with Crippen LogP contribution in [0, 0.1) is 0 Å². The number of aliphatic hydroxyl groups is 1. The van der Waals surface area contributed by atoms with Crippen LogP contribution < -0.4 is 24.2 Å². The summed E-state index contributed by atoms with van der Waals surface area (Å²) in [4.78, 5) is 25.6. The van der Waals surface area contributed by atoms with Crippen molar-refractivity contribution in [1.29, 1.82) is 0 Å². The Bertz CT molecular complexity index is 1160. The first-order valence-corrected chi connectivity index (χ1v) is 14.8. The quantitative estimate of drug-likeness (QED) is 0.285. The summed E-state index contributed by atoms with van der Waals surface area (Å²) in [6.07, 6.45) is 3.66. The van der Waals surface area contributed by atoms with E-state index in [0.717, 1.165) is 60.5 Å². The predicted molar refractivity (Wildman–Crippen MR) is 143 cm³/mol. The van der Waals surface area contributed by atoms with Crippen molar-refractivity contribution in [3.63, 3.8) is 0 Å². The van der Waals surface area contributed by atoms with Gasteiger partial charge in [0.25, 0.3) is 0 Å².